The highest BCUT2D eigenvalue weighted by Gasteiger charge is 2.32. The van der Waals surface area contributed by atoms with Crippen molar-refractivity contribution in [1.82, 2.24) is 9.97 Å². The molecule has 0 saturated heterocycles. The molecule has 0 bridgehead atoms. The number of aromatic nitrogens is 2. The summed E-state index contributed by atoms with van der Waals surface area (Å²) in [6, 6.07) is 27.9. The van der Waals surface area contributed by atoms with Gasteiger partial charge in [0.2, 0.25) is 0 Å². The van der Waals surface area contributed by atoms with E-state index in [2.05, 4.69) is 117 Å². The number of anilines is 4. The summed E-state index contributed by atoms with van der Waals surface area (Å²) in [5, 5.41) is 0. The average Bonchev–Trinajstić information content (AvgIpc) is 3.23. The van der Waals surface area contributed by atoms with Gasteiger partial charge in [-0.25, -0.2) is 9.97 Å². The molecule has 0 fully saturated rings. The second kappa shape index (κ2) is 8.60. The zero-order chi connectivity index (χ0) is 23.9. The molecule has 5 rings (SSSR count). The van der Waals surface area contributed by atoms with E-state index in [1.807, 2.05) is 12.3 Å². The highest BCUT2D eigenvalue weighted by molar-refractivity contribution is 5.83. The Bertz CT molecular complexity index is 1300. The van der Waals surface area contributed by atoms with Gasteiger partial charge in [-0.1, -0.05) is 89.2 Å². The third-order valence-electron chi connectivity index (χ3n) is 6.42. The van der Waals surface area contributed by atoms with Crippen molar-refractivity contribution in [3.8, 4) is 11.1 Å². The molecule has 4 nitrogen and oxygen atoms in total. The van der Waals surface area contributed by atoms with Crippen molar-refractivity contribution >= 4 is 23.0 Å². The first-order chi connectivity index (χ1) is 16.3. The van der Waals surface area contributed by atoms with E-state index < -0.39 is 0 Å². The zero-order valence-electron chi connectivity index (χ0n) is 20.7. The Labute approximate surface area is 202 Å². The third kappa shape index (κ3) is 4.05. The molecule has 0 atom stereocenters. The van der Waals surface area contributed by atoms with Gasteiger partial charge in [0, 0.05) is 16.8 Å². The van der Waals surface area contributed by atoms with Crippen LogP contribution in [0.2, 0.25) is 0 Å². The lowest BCUT2D eigenvalue weighted by Crippen LogP contribution is -2.24. The Kier molecular flexibility index (Phi) is 5.60. The molecule has 0 radical (unpaired) electrons. The number of para-hydroxylation sites is 1. The Morgan fingerprint density at radius 1 is 0.765 bits per heavy atom. The van der Waals surface area contributed by atoms with Crippen LogP contribution in [0, 0.1) is 0 Å². The van der Waals surface area contributed by atoms with E-state index in [0.717, 1.165) is 28.7 Å². The van der Waals surface area contributed by atoms with Crippen LogP contribution in [0.15, 0.2) is 85.1 Å². The molecule has 1 aliphatic rings. The summed E-state index contributed by atoms with van der Waals surface area (Å²) in [6.45, 7) is 11.7. The lowest BCUT2D eigenvalue weighted by Gasteiger charge is -2.22. The van der Waals surface area contributed by atoms with Gasteiger partial charge in [0.25, 0.3) is 0 Å². The number of hydrogen-bond donors (Lipinski definition) is 0. The fraction of sp³-hybridized carbons (Fsp3) is 0.267. The molecule has 172 valence electrons. The Morgan fingerprint density at radius 3 is 2.18 bits per heavy atom. The van der Waals surface area contributed by atoms with Crippen LogP contribution in [0.5, 0.6) is 0 Å². The number of nitrogens with zero attached hydrogens (tertiary/aromatic N) is 4. The van der Waals surface area contributed by atoms with Gasteiger partial charge in [-0.2, -0.15) is 0 Å². The standard InChI is InChI=1S/C30H32N4/c1-21(2)25-16-9-10-17-26(25)22-12-11-15-24(18-22)34-20-33(23-13-7-6-8-14-23)29-28(34)31-19-27(32-29)30(3,4)5/h6-19,21H,20H2,1-5H3. The van der Waals surface area contributed by atoms with Crippen LogP contribution < -0.4 is 9.80 Å². The van der Waals surface area contributed by atoms with Crippen molar-refractivity contribution in [1.29, 1.82) is 0 Å². The summed E-state index contributed by atoms with van der Waals surface area (Å²) in [5.41, 5.74) is 7.03. The molecule has 0 amide bonds. The Hall–Kier alpha value is -3.66. The fourth-order valence-electron chi connectivity index (χ4n) is 4.50. The van der Waals surface area contributed by atoms with Crippen LogP contribution in [-0.2, 0) is 5.41 Å². The van der Waals surface area contributed by atoms with Gasteiger partial charge in [-0.3, -0.25) is 0 Å². The summed E-state index contributed by atoms with van der Waals surface area (Å²) in [6.07, 6.45) is 1.93. The molecule has 0 saturated carbocycles. The van der Waals surface area contributed by atoms with E-state index >= 15 is 0 Å². The maximum absolute atomic E-state index is 5.10. The molecular weight excluding hydrogens is 416 g/mol. The first kappa shape index (κ1) is 22.1. The maximum atomic E-state index is 5.10. The molecule has 34 heavy (non-hydrogen) atoms. The first-order valence-electron chi connectivity index (χ1n) is 12.0. The van der Waals surface area contributed by atoms with Gasteiger partial charge < -0.3 is 9.80 Å². The second-order valence-corrected chi connectivity index (χ2v) is 10.3. The molecule has 4 aromatic rings. The monoisotopic (exact) mass is 448 g/mol. The topological polar surface area (TPSA) is 32.3 Å². The van der Waals surface area contributed by atoms with Gasteiger partial charge in [0.15, 0.2) is 11.6 Å². The van der Waals surface area contributed by atoms with E-state index in [1.54, 1.807) is 0 Å². The predicted molar refractivity (Wildman–Crippen MR) is 142 cm³/mol. The SMILES string of the molecule is CC(C)c1ccccc1-c1cccc(N2CN(c3ccccc3)c3nc(C(C)(C)C)cnc32)c1. The smallest absolute Gasteiger partial charge is 0.178 e. The second-order valence-electron chi connectivity index (χ2n) is 10.3. The molecular formula is C30H32N4. The first-order valence-corrected chi connectivity index (χ1v) is 12.0. The number of hydrogen-bond acceptors (Lipinski definition) is 4. The van der Waals surface area contributed by atoms with Crippen LogP contribution in [-0.4, -0.2) is 16.6 Å². The number of fused-ring (bicyclic) bond motifs is 1. The minimum absolute atomic E-state index is 0.0712. The number of benzene rings is 3. The maximum Gasteiger partial charge on any atom is 0.178 e. The van der Waals surface area contributed by atoms with E-state index in [0.29, 0.717) is 12.6 Å². The van der Waals surface area contributed by atoms with E-state index in [9.17, 15) is 0 Å². The molecule has 2 heterocycles. The lowest BCUT2D eigenvalue weighted by molar-refractivity contribution is 0.566. The van der Waals surface area contributed by atoms with Crippen LogP contribution >= 0.6 is 0 Å². The van der Waals surface area contributed by atoms with Gasteiger partial charge in [-0.15, -0.1) is 0 Å². The molecule has 0 aliphatic carbocycles. The zero-order valence-corrected chi connectivity index (χ0v) is 20.7. The van der Waals surface area contributed by atoms with Crippen molar-refractivity contribution in [3.05, 3.63) is 96.3 Å². The average molecular weight is 449 g/mol. The molecule has 4 heteroatoms. The lowest BCUT2D eigenvalue weighted by atomic mass is 9.92. The molecule has 0 spiro atoms. The summed E-state index contributed by atoms with van der Waals surface area (Å²) in [5.74, 6) is 2.26. The predicted octanol–water partition coefficient (Wildman–Crippen LogP) is 7.81. The molecule has 0 N–H and O–H groups in total. The highest BCUT2D eigenvalue weighted by Crippen LogP contribution is 2.43. The van der Waals surface area contributed by atoms with Crippen molar-refractivity contribution < 1.29 is 0 Å². The van der Waals surface area contributed by atoms with E-state index in [1.165, 1.54) is 16.7 Å². The number of rotatable bonds is 4. The Morgan fingerprint density at radius 2 is 1.44 bits per heavy atom. The van der Waals surface area contributed by atoms with Crippen LogP contribution in [0.3, 0.4) is 0 Å². The molecule has 1 aliphatic heterocycles. The van der Waals surface area contributed by atoms with Crippen molar-refractivity contribution in [2.24, 2.45) is 0 Å². The van der Waals surface area contributed by atoms with Gasteiger partial charge in [0.1, 0.15) is 6.67 Å². The van der Waals surface area contributed by atoms with E-state index in [-0.39, 0.29) is 5.41 Å². The van der Waals surface area contributed by atoms with Gasteiger partial charge in [-0.05, 0) is 46.9 Å². The largest absolute Gasteiger partial charge is 0.305 e. The molecule has 1 aromatic heterocycles. The van der Waals surface area contributed by atoms with Gasteiger partial charge >= 0.3 is 0 Å². The summed E-state index contributed by atoms with van der Waals surface area (Å²) >= 11 is 0. The molecule has 0 unspecified atom stereocenters. The van der Waals surface area contributed by atoms with Crippen LogP contribution in [0.4, 0.5) is 23.0 Å². The highest BCUT2D eigenvalue weighted by atomic mass is 15.4. The summed E-state index contributed by atoms with van der Waals surface area (Å²) in [4.78, 5) is 14.6. The van der Waals surface area contributed by atoms with Crippen molar-refractivity contribution in [2.75, 3.05) is 16.5 Å². The molecule has 3 aromatic carbocycles. The summed E-state index contributed by atoms with van der Waals surface area (Å²) in [7, 11) is 0. The van der Waals surface area contributed by atoms with Crippen LogP contribution in [0.25, 0.3) is 11.1 Å². The van der Waals surface area contributed by atoms with Crippen LogP contribution in [0.1, 0.15) is 51.8 Å². The van der Waals surface area contributed by atoms with Gasteiger partial charge in [0.05, 0.1) is 11.9 Å². The normalized spacial score (nSPS) is 13.5. The summed E-state index contributed by atoms with van der Waals surface area (Å²) < 4.78 is 0. The van der Waals surface area contributed by atoms with E-state index in [4.69, 9.17) is 9.97 Å². The fourth-order valence-corrected chi connectivity index (χ4v) is 4.50. The quantitative estimate of drug-likeness (QED) is 0.319. The van der Waals surface area contributed by atoms with Crippen molar-refractivity contribution in [3.63, 3.8) is 0 Å². The Balaban J connectivity index is 1.61. The minimum atomic E-state index is -0.0712. The van der Waals surface area contributed by atoms with Crippen molar-refractivity contribution in [2.45, 2.75) is 46.0 Å². The third-order valence-corrected chi connectivity index (χ3v) is 6.42. The minimum Gasteiger partial charge on any atom is -0.305 e.